The zero-order chi connectivity index (χ0) is 15.4. The van der Waals surface area contributed by atoms with Crippen LogP contribution in [-0.4, -0.2) is 35.6 Å². The quantitative estimate of drug-likeness (QED) is 0.779. The molecule has 0 spiro atoms. The lowest BCUT2D eigenvalue weighted by atomic mass is 9.93. The summed E-state index contributed by atoms with van der Waals surface area (Å²) in [6.07, 6.45) is 0.909. The number of nitrogens with one attached hydrogen (secondary N) is 2. The van der Waals surface area contributed by atoms with Gasteiger partial charge in [-0.1, -0.05) is 32.9 Å². The van der Waals surface area contributed by atoms with E-state index in [-0.39, 0.29) is 5.41 Å². The predicted molar refractivity (Wildman–Crippen MR) is 82.5 cm³/mol. The van der Waals surface area contributed by atoms with Crippen LogP contribution in [0.4, 0.5) is 0 Å². The largest absolute Gasteiger partial charge is 0.339 e. The molecule has 0 unspecified atom stereocenters. The second kappa shape index (κ2) is 6.70. The Morgan fingerprint density at radius 2 is 1.70 bits per heavy atom. The van der Waals surface area contributed by atoms with Crippen molar-refractivity contribution in [3.63, 3.8) is 0 Å². The number of hydrogen-bond donors (Lipinski definition) is 2. The summed E-state index contributed by atoms with van der Waals surface area (Å²) < 4.78 is 27.2. The van der Waals surface area contributed by atoms with E-state index in [1.54, 1.807) is 12.1 Å². The van der Waals surface area contributed by atoms with Gasteiger partial charge in [-0.25, -0.2) is 13.1 Å². The molecule has 1 rings (SSSR count). The fourth-order valence-electron chi connectivity index (χ4n) is 2.30. The van der Waals surface area contributed by atoms with Crippen molar-refractivity contribution in [3.05, 3.63) is 29.8 Å². The summed E-state index contributed by atoms with van der Waals surface area (Å²) in [7, 11) is 0.725. The van der Waals surface area contributed by atoms with Gasteiger partial charge >= 0.3 is 0 Å². The molecule has 0 saturated heterocycles. The van der Waals surface area contributed by atoms with Gasteiger partial charge in [-0.3, -0.25) is 0 Å². The van der Waals surface area contributed by atoms with Crippen LogP contribution in [0.25, 0.3) is 0 Å². The average molecular weight is 299 g/mol. The maximum Gasteiger partial charge on any atom is 0.240 e. The molecule has 114 valence electrons. The lowest BCUT2D eigenvalue weighted by molar-refractivity contribution is -0.865. The van der Waals surface area contributed by atoms with Crippen molar-refractivity contribution in [1.82, 2.24) is 4.72 Å². The maximum atomic E-state index is 12.2. The highest BCUT2D eigenvalue weighted by Gasteiger charge is 2.24. The zero-order valence-electron chi connectivity index (χ0n) is 13.2. The fraction of sp³-hybridized carbons (Fsp3) is 0.600. The fourth-order valence-corrected chi connectivity index (χ4v) is 3.54. The van der Waals surface area contributed by atoms with E-state index in [9.17, 15) is 8.42 Å². The van der Waals surface area contributed by atoms with Gasteiger partial charge in [0.2, 0.25) is 10.0 Å². The molecule has 0 bridgehead atoms. The summed E-state index contributed by atoms with van der Waals surface area (Å²) in [4.78, 5) is 1.64. The molecule has 0 radical (unpaired) electrons. The van der Waals surface area contributed by atoms with Crippen LogP contribution in [0, 0.1) is 5.41 Å². The van der Waals surface area contributed by atoms with Gasteiger partial charge in [0.15, 0.2) is 0 Å². The zero-order valence-corrected chi connectivity index (χ0v) is 14.0. The molecular formula is C15H27N2O2S+. The number of rotatable bonds is 7. The SMILES string of the molecule is CCc1ccc(S(=O)(=O)NCC(C)(C)C[NH+](C)C)cc1. The molecule has 1 aromatic carbocycles. The van der Waals surface area contributed by atoms with Gasteiger partial charge in [0.25, 0.3) is 0 Å². The molecule has 0 aliphatic carbocycles. The minimum absolute atomic E-state index is 0.0741. The lowest BCUT2D eigenvalue weighted by Gasteiger charge is -2.26. The smallest absolute Gasteiger partial charge is 0.240 e. The van der Waals surface area contributed by atoms with Crippen LogP contribution in [0.5, 0.6) is 0 Å². The van der Waals surface area contributed by atoms with Crippen LogP contribution in [0.15, 0.2) is 29.2 Å². The Morgan fingerprint density at radius 3 is 2.15 bits per heavy atom. The number of quaternary nitrogens is 1. The summed E-state index contributed by atoms with van der Waals surface area (Å²) in [5.74, 6) is 0. The van der Waals surface area contributed by atoms with E-state index < -0.39 is 10.0 Å². The van der Waals surface area contributed by atoms with Gasteiger partial charge in [-0.2, -0.15) is 0 Å². The Morgan fingerprint density at radius 1 is 1.15 bits per heavy atom. The Bertz CT molecular complexity index is 519. The predicted octanol–water partition coefficient (Wildman–Crippen LogP) is 0.698. The van der Waals surface area contributed by atoms with E-state index in [1.165, 1.54) is 4.90 Å². The minimum Gasteiger partial charge on any atom is -0.339 e. The maximum absolute atomic E-state index is 12.2. The van der Waals surface area contributed by atoms with Gasteiger partial charge in [0.1, 0.15) is 0 Å². The minimum atomic E-state index is -3.41. The third-order valence-electron chi connectivity index (χ3n) is 3.21. The van der Waals surface area contributed by atoms with Crippen molar-refractivity contribution in [2.45, 2.75) is 32.1 Å². The first-order chi connectivity index (χ1) is 9.16. The first-order valence-corrected chi connectivity index (χ1v) is 8.52. The molecule has 0 aliphatic heterocycles. The molecule has 1 aromatic rings. The van der Waals surface area contributed by atoms with Crippen molar-refractivity contribution in [2.75, 3.05) is 27.2 Å². The lowest BCUT2D eigenvalue weighted by Crippen LogP contribution is -3.07. The van der Waals surface area contributed by atoms with Crippen molar-refractivity contribution < 1.29 is 13.3 Å². The summed E-state index contributed by atoms with van der Waals surface area (Å²) in [5, 5.41) is 0. The normalized spacial score (nSPS) is 12.9. The molecule has 0 saturated carbocycles. The third-order valence-corrected chi connectivity index (χ3v) is 4.63. The van der Waals surface area contributed by atoms with Crippen LogP contribution in [-0.2, 0) is 16.4 Å². The number of sulfonamides is 1. The number of hydrogen-bond acceptors (Lipinski definition) is 2. The van der Waals surface area contributed by atoms with E-state index in [4.69, 9.17) is 0 Å². The van der Waals surface area contributed by atoms with E-state index in [2.05, 4.69) is 32.7 Å². The van der Waals surface area contributed by atoms with Crippen molar-refractivity contribution in [3.8, 4) is 0 Å². The van der Waals surface area contributed by atoms with Crippen molar-refractivity contribution in [1.29, 1.82) is 0 Å². The first-order valence-electron chi connectivity index (χ1n) is 7.04. The Hall–Kier alpha value is -0.910. The molecule has 20 heavy (non-hydrogen) atoms. The summed E-state index contributed by atoms with van der Waals surface area (Å²) in [6.45, 7) is 7.54. The molecule has 0 amide bonds. The van der Waals surface area contributed by atoms with Gasteiger partial charge in [0, 0.05) is 12.0 Å². The van der Waals surface area contributed by atoms with E-state index in [1.807, 2.05) is 19.1 Å². The molecule has 0 heterocycles. The van der Waals surface area contributed by atoms with Gasteiger partial charge in [-0.05, 0) is 24.1 Å². The first kappa shape index (κ1) is 17.1. The second-order valence-corrected chi connectivity index (χ2v) is 8.14. The number of benzene rings is 1. The Kier molecular flexibility index (Phi) is 5.74. The van der Waals surface area contributed by atoms with Crippen LogP contribution in [0.2, 0.25) is 0 Å². The van der Waals surface area contributed by atoms with Crippen LogP contribution in [0.1, 0.15) is 26.3 Å². The monoisotopic (exact) mass is 299 g/mol. The van der Waals surface area contributed by atoms with E-state index >= 15 is 0 Å². The average Bonchev–Trinajstić information content (AvgIpc) is 2.35. The summed E-state index contributed by atoms with van der Waals surface area (Å²) in [6, 6.07) is 7.07. The van der Waals surface area contributed by atoms with Crippen molar-refractivity contribution >= 4 is 10.0 Å². The summed E-state index contributed by atoms with van der Waals surface area (Å²) >= 11 is 0. The topological polar surface area (TPSA) is 50.6 Å². The van der Waals surface area contributed by atoms with Crippen molar-refractivity contribution in [2.24, 2.45) is 5.41 Å². The van der Waals surface area contributed by atoms with E-state index in [0.717, 1.165) is 18.5 Å². The van der Waals surface area contributed by atoms with Gasteiger partial charge in [-0.15, -0.1) is 0 Å². The second-order valence-electron chi connectivity index (χ2n) is 6.37. The highest BCUT2D eigenvalue weighted by atomic mass is 32.2. The molecular weight excluding hydrogens is 272 g/mol. The molecule has 0 aromatic heterocycles. The molecule has 5 heteroatoms. The Labute approximate surface area is 123 Å². The number of aryl methyl sites for hydroxylation is 1. The van der Waals surface area contributed by atoms with Crippen LogP contribution in [0.3, 0.4) is 0 Å². The van der Waals surface area contributed by atoms with Crippen LogP contribution >= 0.6 is 0 Å². The molecule has 2 N–H and O–H groups in total. The highest BCUT2D eigenvalue weighted by Crippen LogP contribution is 2.14. The molecule has 0 fully saturated rings. The Balaban J connectivity index is 2.74. The van der Waals surface area contributed by atoms with Gasteiger partial charge in [0.05, 0.1) is 25.5 Å². The molecule has 0 aliphatic rings. The molecule has 4 nitrogen and oxygen atoms in total. The summed E-state index contributed by atoms with van der Waals surface area (Å²) in [5.41, 5.74) is 1.07. The molecule has 0 atom stereocenters. The highest BCUT2D eigenvalue weighted by molar-refractivity contribution is 7.89. The van der Waals surface area contributed by atoms with E-state index in [0.29, 0.717) is 11.4 Å². The van der Waals surface area contributed by atoms with Crippen LogP contribution < -0.4 is 9.62 Å². The third kappa shape index (κ3) is 5.23. The van der Waals surface area contributed by atoms with Gasteiger partial charge < -0.3 is 4.90 Å². The standard InChI is InChI=1S/C15H26N2O2S/c1-6-13-7-9-14(10-8-13)20(18,19)16-11-15(2,3)12-17(4)5/h7-10,16H,6,11-12H2,1-5H3/p+1.